The van der Waals surface area contributed by atoms with E-state index in [9.17, 15) is 14.4 Å². The second-order valence-corrected chi connectivity index (χ2v) is 7.16. The van der Waals surface area contributed by atoms with Gasteiger partial charge >= 0.3 is 5.97 Å². The molecule has 160 valence electrons. The number of fused-ring (bicyclic) bond motifs is 1. The van der Waals surface area contributed by atoms with Gasteiger partial charge in [-0.15, -0.1) is 0 Å². The van der Waals surface area contributed by atoms with Gasteiger partial charge < -0.3 is 15.0 Å². The minimum Gasteiger partial charge on any atom is -0.465 e. The molecule has 0 saturated heterocycles. The van der Waals surface area contributed by atoms with Gasteiger partial charge in [-0.05, 0) is 29.8 Å². The largest absolute Gasteiger partial charge is 0.465 e. The number of amides is 2. The third-order valence-electron chi connectivity index (χ3n) is 5.06. The quantitative estimate of drug-likeness (QED) is 0.624. The number of methoxy groups -OCH3 is 1. The number of nitrogens with zero attached hydrogens (tertiary/aromatic N) is 2. The minimum atomic E-state index is -0.557. The molecule has 0 bridgehead atoms. The maximum atomic E-state index is 13.2. The van der Waals surface area contributed by atoms with Crippen LogP contribution in [0.2, 0.25) is 0 Å². The van der Waals surface area contributed by atoms with Gasteiger partial charge in [-0.2, -0.15) is 0 Å². The second kappa shape index (κ2) is 9.26. The summed E-state index contributed by atoms with van der Waals surface area (Å²) < 4.78 is 4.77. The first-order valence-corrected chi connectivity index (χ1v) is 10.1. The Morgan fingerprint density at radius 1 is 0.969 bits per heavy atom. The molecule has 32 heavy (non-hydrogen) atoms. The van der Waals surface area contributed by atoms with Crippen LogP contribution in [-0.4, -0.2) is 37.1 Å². The van der Waals surface area contributed by atoms with Gasteiger partial charge in [0.1, 0.15) is 6.54 Å². The third-order valence-corrected chi connectivity index (χ3v) is 5.06. The summed E-state index contributed by atoms with van der Waals surface area (Å²) in [5, 5.41) is 2.72. The van der Waals surface area contributed by atoms with E-state index in [1.165, 1.54) is 12.0 Å². The fourth-order valence-corrected chi connectivity index (χ4v) is 3.53. The highest BCUT2D eigenvalue weighted by molar-refractivity contribution is 6.19. The Labute approximate surface area is 185 Å². The predicted octanol–water partition coefficient (Wildman–Crippen LogP) is 3.97. The zero-order valence-corrected chi connectivity index (χ0v) is 17.4. The molecule has 7 nitrogen and oxygen atoms in total. The number of hydrogen-bond acceptors (Lipinski definition) is 5. The molecule has 0 atom stereocenters. The van der Waals surface area contributed by atoms with Crippen molar-refractivity contribution >= 4 is 40.6 Å². The van der Waals surface area contributed by atoms with Crippen molar-refractivity contribution in [1.29, 1.82) is 0 Å². The number of carbonyl (C=O) groups is 3. The van der Waals surface area contributed by atoms with Crippen molar-refractivity contribution in [3.63, 3.8) is 0 Å². The van der Waals surface area contributed by atoms with Gasteiger partial charge in [-0.3, -0.25) is 14.6 Å². The molecule has 3 aromatic rings. The Balaban J connectivity index is 1.60. The molecule has 2 amide bonds. The van der Waals surface area contributed by atoms with Gasteiger partial charge in [0, 0.05) is 0 Å². The van der Waals surface area contributed by atoms with Crippen molar-refractivity contribution in [2.24, 2.45) is 4.99 Å². The molecule has 0 aromatic heterocycles. The van der Waals surface area contributed by atoms with Gasteiger partial charge in [0.05, 0.1) is 41.9 Å². The van der Waals surface area contributed by atoms with Crippen molar-refractivity contribution < 1.29 is 19.1 Å². The van der Waals surface area contributed by atoms with E-state index in [2.05, 4.69) is 5.32 Å². The number of esters is 1. The number of ether oxygens (including phenoxy) is 1. The molecule has 4 rings (SSSR count). The van der Waals surface area contributed by atoms with E-state index >= 15 is 0 Å². The molecule has 1 N–H and O–H groups in total. The van der Waals surface area contributed by atoms with Crippen LogP contribution >= 0.6 is 0 Å². The Morgan fingerprint density at radius 2 is 1.66 bits per heavy atom. The zero-order chi connectivity index (χ0) is 22.5. The fourth-order valence-electron chi connectivity index (χ4n) is 3.53. The summed E-state index contributed by atoms with van der Waals surface area (Å²) >= 11 is 0. The number of hydrogen-bond donors (Lipinski definition) is 1. The summed E-state index contributed by atoms with van der Waals surface area (Å²) in [5.74, 6) is -1.24. The van der Waals surface area contributed by atoms with Crippen molar-refractivity contribution in [2.45, 2.75) is 6.42 Å². The normalized spacial score (nSPS) is 13.0. The van der Waals surface area contributed by atoms with E-state index in [0.29, 0.717) is 22.8 Å². The van der Waals surface area contributed by atoms with Gasteiger partial charge in [0.2, 0.25) is 11.8 Å². The van der Waals surface area contributed by atoms with Crippen molar-refractivity contribution in [2.75, 3.05) is 23.9 Å². The molecular weight excluding hydrogens is 406 g/mol. The van der Waals surface area contributed by atoms with E-state index in [4.69, 9.17) is 9.73 Å². The van der Waals surface area contributed by atoms with Crippen LogP contribution in [0, 0.1) is 0 Å². The molecule has 0 spiro atoms. The number of anilines is 2. The average Bonchev–Trinajstić information content (AvgIpc) is 2.96. The van der Waals surface area contributed by atoms with Gasteiger partial charge in [-0.25, -0.2) is 4.79 Å². The number of carbonyl (C=O) groups excluding carboxylic acids is 3. The highest BCUT2D eigenvalue weighted by Gasteiger charge is 2.27. The van der Waals surface area contributed by atoms with Gasteiger partial charge in [-0.1, -0.05) is 54.6 Å². The summed E-state index contributed by atoms with van der Waals surface area (Å²) in [7, 11) is 1.28. The van der Waals surface area contributed by atoms with Crippen LogP contribution in [0.3, 0.4) is 0 Å². The van der Waals surface area contributed by atoms with E-state index in [-0.39, 0.29) is 24.4 Å². The maximum absolute atomic E-state index is 13.2. The van der Waals surface area contributed by atoms with Crippen LogP contribution in [0.1, 0.15) is 22.3 Å². The lowest BCUT2D eigenvalue weighted by Crippen LogP contribution is -2.38. The van der Waals surface area contributed by atoms with Crippen LogP contribution in [0.25, 0.3) is 0 Å². The van der Waals surface area contributed by atoms with E-state index < -0.39 is 11.9 Å². The lowest BCUT2D eigenvalue weighted by Gasteiger charge is -2.22. The van der Waals surface area contributed by atoms with Crippen LogP contribution in [-0.2, 0) is 14.3 Å². The number of nitrogens with one attached hydrogen (secondary N) is 1. The van der Waals surface area contributed by atoms with Gasteiger partial charge in [0.15, 0.2) is 0 Å². The zero-order valence-electron chi connectivity index (χ0n) is 17.4. The first-order chi connectivity index (χ1) is 15.6. The lowest BCUT2D eigenvalue weighted by atomic mass is 10.1. The molecule has 1 aliphatic rings. The van der Waals surface area contributed by atoms with Crippen molar-refractivity contribution in [3.8, 4) is 0 Å². The van der Waals surface area contributed by atoms with Crippen LogP contribution in [0.4, 0.5) is 17.1 Å². The minimum absolute atomic E-state index is 0.0602. The summed E-state index contributed by atoms with van der Waals surface area (Å²) in [6.07, 6.45) is 0.0602. The van der Waals surface area contributed by atoms with Crippen LogP contribution in [0.5, 0.6) is 0 Å². The number of benzene rings is 3. The van der Waals surface area contributed by atoms with Crippen LogP contribution < -0.4 is 10.2 Å². The molecule has 1 aliphatic heterocycles. The Hall–Kier alpha value is -4.26. The number of para-hydroxylation sites is 3. The molecule has 0 fully saturated rings. The van der Waals surface area contributed by atoms with Crippen molar-refractivity contribution in [1.82, 2.24) is 0 Å². The van der Waals surface area contributed by atoms with Crippen molar-refractivity contribution in [3.05, 3.63) is 90.0 Å². The summed E-state index contributed by atoms with van der Waals surface area (Å²) in [6, 6.07) is 23.3. The number of rotatable bonds is 5. The Bertz CT molecular complexity index is 1200. The molecule has 0 saturated carbocycles. The van der Waals surface area contributed by atoms with Gasteiger partial charge in [0.25, 0.3) is 0 Å². The summed E-state index contributed by atoms with van der Waals surface area (Å²) in [6.45, 7) is -0.219. The fraction of sp³-hybridized carbons (Fsp3) is 0.120. The SMILES string of the molecule is COC(=O)c1ccccc1NC(=O)CN1C(=O)CC(c2ccccc2)=Nc2ccccc21. The molecule has 0 radical (unpaired) electrons. The maximum Gasteiger partial charge on any atom is 0.339 e. The molecule has 7 heteroatoms. The average molecular weight is 427 g/mol. The van der Waals surface area contributed by atoms with E-state index in [1.807, 2.05) is 42.5 Å². The third kappa shape index (κ3) is 4.41. The lowest BCUT2D eigenvalue weighted by molar-refractivity contribution is -0.120. The number of aliphatic imine (C=N–C) groups is 1. The monoisotopic (exact) mass is 427 g/mol. The smallest absolute Gasteiger partial charge is 0.339 e. The molecule has 1 heterocycles. The molecule has 3 aromatic carbocycles. The topological polar surface area (TPSA) is 88.1 Å². The Morgan fingerprint density at radius 3 is 2.44 bits per heavy atom. The standard InChI is InChI=1S/C25H21N3O4/c1-32-25(31)18-11-5-6-12-19(18)27-23(29)16-28-22-14-8-7-13-20(22)26-21(15-24(28)30)17-9-3-2-4-10-17/h2-14H,15-16H2,1H3,(H,27,29). The summed E-state index contributed by atoms with van der Waals surface area (Å²) in [4.78, 5) is 44.1. The summed E-state index contributed by atoms with van der Waals surface area (Å²) in [5.41, 5.74) is 3.22. The molecule has 0 aliphatic carbocycles. The highest BCUT2D eigenvalue weighted by Crippen LogP contribution is 2.32. The predicted molar refractivity (Wildman–Crippen MR) is 122 cm³/mol. The van der Waals surface area contributed by atoms with E-state index in [0.717, 1.165) is 5.56 Å². The molecular formula is C25H21N3O4. The van der Waals surface area contributed by atoms with E-state index in [1.54, 1.807) is 36.4 Å². The first kappa shape index (κ1) is 21.0. The second-order valence-electron chi connectivity index (χ2n) is 7.16. The van der Waals surface area contributed by atoms with Crippen LogP contribution in [0.15, 0.2) is 83.9 Å². The Kier molecular flexibility index (Phi) is 6.07. The molecule has 0 unspecified atom stereocenters. The highest BCUT2D eigenvalue weighted by atomic mass is 16.5. The first-order valence-electron chi connectivity index (χ1n) is 10.1.